The van der Waals surface area contributed by atoms with Gasteiger partial charge in [-0.15, -0.1) is 0 Å². The molecular formula is C24H32N4O3S. The number of fused-ring (bicyclic) bond motifs is 1. The standard InChI is InChI=1S/C24H32N4O3S/c1-5-14-28-23-13-12-21(32(29,30)26(2)3)15-22(23)25-24(28)17-27(19-8-9-19)16-18-6-10-20(31-4)11-7-18/h6-7,10-13,15,19H,5,8-9,14,16-17H2,1-4H3. The van der Waals surface area contributed by atoms with Gasteiger partial charge in [0, 0.05) is 33.2 Å². The van der Waals surface area contributed by atoms with Crippen LogP contribution >= 0.6 is 0 Å². The van der Waals surface area contributed by atoms with Gasteiger partial charge >= 0.3 is 0 Å². The highest BCUT2D eigenvalue weighted by Crippen LogP contribution is 2.31. The minimum atomic E-state index is -3.49. The predicted octanol–water partition coefficient (Wildman–Crippen LogP) is 3.87. The zero-order valence-corrected chi connectivity index (χ0v) is 20.1. The second-order valence-electron chi connectivity index (χ2n) is 8.60. The van der Waals surface area contributed by atoms with Gasteiger partial charge in [0.2, 0.25) is 10.0 Å². The summed E-state index contributed by atoms with van der Waals surface area (Å²) in [6.45, 7) is 4.59. The van der Waals surface area contributed by atoms with Crippen molar-refractivity contribution in [2.45, 2.75) is 56.8 Å². The van der Waals surface area contributed by atoms with E-state index in [1.165, 1.54) is 22.7 Å². The molecule has 1 fully saturated rings. The second kappa shape index (κ2) is 9.21. The van der Waals surface area contributed by atoms with Gasteiger partial charge in [0.25, 0.3) is 0 Å². The van der Waals surface area contributed by atoms with E-state index in [9.17, 15) is 8.42 Å². The molecule has 8 heteroatoms. The number of hydrogen-bond acceptors (Lipinski definition) is 5. The Morgan fingerprint density at radius 1 is 1.09 bits per heavy atom. The molecule has 0 atom stereocenters. The van der Waals surface area contributed by atoms with Crippen molar-refractivity contribution in [2.75, 3.05) is 21.2 Å². The summed E-state index contributed by atoms with van der Waals surface area (Å²) < 4.78 is 33.9. The lowest BCUT2D eigenvalue weighted by Gasteiger charge is -2.22. The third kappa shape index (κ3) is 4.67. The monoisotopic (exact) mass is 456 g/mol. The van der Waals surface area contributed by atoms with E-state index in [1.54, 1.807) is 33.3 Å². The third-order valence-electron chi connectivity index (χ3n) is 5.98. The molecule has 0 unspecified atom stereocenters. The van der Waals surface area contributed by atoms with E-state index in [0.29, 0.717) is 6.04 Å². The Balaban J connectivity index is 1.65. The summed E-state index contributed by atoms with van der Waals surface area (Å²) in [5.41, 5.74) is 2.96. The Labute approximate surface area is 190 Å². The first-order valence-electron chi connectivity index (χ1n) is 11.1. The van der Waals surface area contributed by atoms with E-state index in [2.05, 4.69) is 28.5 Å². The summed E-state index contributed by atoms with van der Waals surface area (Å²) in [6.07, 6.45) is 3.39. The molecule has 1 aliphatic rings. The maximum absolute atomic E-state index is 12.6. The molecule has 7 nitrogen and oxygen atoms in total. The fourth-order valence-electron chi connectivity index (χ4n) is 4.03. The van der Waals surface area contributed by atoms with E-state index >= 15 is 0 Å². The zero-order valence-electron chi connectivity index (χ0n) is 19.3. The molecule has 2 aromatic carbocycles. The average molecular weight is 457 g/mol. The van der Waals surface area contributed by atoms with Gasteiger partial charge in [0.1, 0.15) is 11.6 Å². The zero-order chi connectivity index (χ0) is 22.9. The van der Waals surface area contributed by atoms with Crippen molar-refractivity contribution in [3.8, 4) is 5.75 Å². The maximum atomic E-state index is 12.6. The van der Waals surface area contributed by atoms with Gasteiger partial charge in [-0.25, -0.2) is 17.7 Å². The van der Waals surface area contributed by atoms with Crippen LogP contribution in [0.1, 0.15) is 37.6 Å². The minimum absolute atomic E-state index is 0.278. The van der Waals surface area contributed by atoms with Crippen LogP contribution in [0.5, 0.6) is 5.75 Å². The van der Waals surface area contributed by atoms with Crippen LogP contribution in [0, 0.1) is 0 Å². The fourth-order valence-corrected chi connectivity index (χ4v) is 4.95. The van der Waals surface area contributed by atoms with Gasteiger partial charge in [-0.05, 0) is 55.2 Å². The van der Waals surface area contributed by atoms with Crippen LogP contribution in [-0.2, 0) is 29.7 Å². The lowest BCUT2D eigenvalue weighted by atomic mass is 10.2. The smallest absolute Gasteiger partial charge is 0.242 e. The van der Waals surface area contributed by atoms with Crippen molar-refractivity contribution >= 4 is 21.1 Å². The number of imidazole rings is 1. The van der Waals surface area contributed by atoms with Crippen LogP contribution in [0.25, 0.3) is 11.0 Å². The van der Waals surface area contributed by atoms with Crippen LogP contribution in [0.3, 0.4) is 0 Å². The van der Waals surface area contributed by atoms with Crippen LogP contribution in [0.2, 0.25) is 0 Å². The Kier molecular flexibility index (Phi) is 6.55. The summed E-state index contributed by atoms with van der Waals surface area (Å²) in [7, 11) is 1.28. The molecule has 0 aliphatic heterocycles. The molecule has 4 rings (SSSR count). The molecule has 1 aromatic heterocycles. The second-order valence-corrected chi connectivity index (χ2v) is 10.8. The summed E-state index contributed by atoms with van der Waals surface area (Å²) in [5.74, 6) is 1.85. The number of sulfonamides is 1. The van der Waals surface area contributed by atoms with Gasteiger partial charge in [0.05, 0.1) is 29.6 Å². The van der Waals surface area contributed by atoms with Gasteiger partial charge in [-0.1, -0.05) is 19.1 Å². The van der Waals surface area contributed by atoms with E-state index in [0.717, 1.165) is 48.7 Å². The van der Waals surface area contributed by atoms with Crippen molar-refractivity contribution in [2.24, 2.45) is 0 Å². The first-order chi connectivity index (χ1) is 15.3. The number of methoxy groups -OCH3 is 1. The van der Waals surface area contributed by atoms with Crippen LogP contribution in [0.15, 0.2) is 47.4 Å². The highest BCUT2D eigenvalue weighted by molar-refractivity contribution is 7.89. The summed E-state index contributed by atoms with van der Waals surface area (Å²) in [6, 6.07) is 14.1. The Hall–Kier alpha value is -2.42. The van der Waals surface area contributed by atoms with Crippen LogP contribution in [-0.4, -0.2) is 54.4 Å². The van der Waals surface area contributed by atoms with Gasteiger partial charge in [-0.3, -0.25) is 4.90 Å². The fraction of sp³-hybridized carbons (Fsp3) is 0.458. The Morgan fingerprint density at radius 2 is 1.81 bits per heavy atom. The summed E-state index contributed by atoms with van der Waals surface area (Å²) >= 11 is 0. The van der Waals surface area contributed by atoms with Gasteiger partial charge < -0.3 is 9.30 Å². The van der Waals surface area contributed by atoms with E-state index in [4.69, 9.17) is 9.72 Å². The first-order valence-corrected chi connectivity index (χ1v) is 12.6. The number of ether oxygens (including phenoxy) is 1. The van der Waals surface area contributed by atoms with Crippen molar-refractivity contribution in [3.05, 3.63) is 53.9 Å². The number of benzene rings is 2. The van der Waals surface area contributed by atoms with Crippen molar-refractivity contribution in [1.29, 1.82) is 0 Å². The average Bonchev–Trinajstić information content (AvgIpc) is 3.57. The Morgan fingerprint density at radius 3 is 2.41 bits per heavy atom. The Bertz CT molecular complexity index is 1180. The number of nitrogens with zero attached hydrogens (tertiary/aromatic N) is 4. The van der Waals surface area contributed by atoms with E-state index in [1.807, 2.05) is 18.2 Å². The molecule has 0 spiro atoms. The molecule has 0 bridgehead atoms. The highest BCUT2D eigenvalue weighted by Gasteiger charge is 2.30. The summed E-state index contributed by atoms with van der Waals surface area (Å²) in [4.78, 5) is 7.66. The molecule has 1 aliphatic carbocycles. The number of aromatic nitrogens is 2. The lowest BCUT2D eigenvalue weighted by molar-refractivity contribution is 0.236. The molecule has 0 saturated heterocycles. The van der Waals surface area contributed by atoms with Crippen LogP contribution < -0.4 is 4.74 Å². The number of hydrogen-bond donors (Lipinski definition) is 0. The largest absolute Gasteiger partial charge is 0.497 e. The lowest BCUT2D eigenvalue weighted by Crippen LogP contribution is -2.27. The number of rotatable bonds is 10. The molecule has 1 saturated carbocycles. The van der Waals surface area contributed by atoms with Crippen molar-refractivity contribution in [1.82, 2.24) is 18.8 Å². The first kappa shape index (κ1) is 22.8. The normalized spacial score (nSPS) is 14.6. The molecule has 1 heterocycles. The number of aryl methyl sites for hydroxylation is 1. The predicted molar refractivity (Wildman–Crippen MR) is 126 cm³/mol. The van der Waals surface area contributed by atoms with Crippen LogP contribution in [0.4, 0.5) is 0 Å². The van der Waals surface area contributed by atoms with Crippen molar-refractivity contribution in [3.63, 3.8) is 0 Å². The molecule has 3 aromatic rings. The van der Waals surface area contributed by atoms with Crippen molar-refractivity contribution < 1.29 is 13.2 Å². The molecule has 0 N–H and O–H groups in total. The quantitative estimate of drug-likeness (QED) is 0.463. The summed E-state index contributed by atoms with van der Waals surface area (Å²) in [5, 5.41) is 0. The van der Waals surface area contributed by atoms with Gasteiger partial charge in [0.15, 0.2) is 0 Å². The molecule has 0 radical (unpaired) electrons. The molecule has 0 amide bonds. The molecule has 172 valence electrons. The third-order valence-corrected chi connectivity index (χ3v) is 7.79. The van der Waals surface area contributed by atoms with E-state index < -0.39 is 10.0 Å². The molecule has 32 heavy (non-hydrogen) atoms. The van der Waals surface area contributed by atoms with Gasteiger partial charge in [-0.2, -0.15) is 0 Å². The topological polar surface area (TPSA) is 67.7 Å². The highest BCUT2D eigenvalue weighted by atomic mass is 32.2. The molecular weight excluding hydrogens is 424 g/mol. The van der Waals surface area contributed by atoms with E-state index in [-0.39, 0.29) is 4.90 Å². The SMILES string of the molecule is CCCn1c(CN(Cc2ccc(OC)cc2)C2CC2)nc2cc(S(=O)(=O)N(C)C)ccc21. The maximum Gasteiger partial charge on any atom is 0.242 e. The minimum Gasteiger partial charge on any atom is -0.497 e.